The molecule has 0 spiro atoms. The predicted octanol–water partition coefficient (Wildman–Crippen LogP) is 5.38. The number of hydrogen-bond acceptors (Lipinski definition) is 5. The molecule has 7 nitrogen and oxygen atoms in total. The van der Waals surface area contributed by atoms with Crippen LogP contribution in [0.5, 0.6) is 0 Å². The lowest BCUT2D eigenvalue weighted by molar-refractivity contribution is -0.123. The Hall–Kier alpha value is -1.59. The highest BCUT2D eigenvalue weighted by atomic mass is 35.5. The highest BCUT2D eigenvalue weighted by molar-refractivity contribution is 7.89. The Kier molecular flexibility index (Phi) is 10.7. The van der Waals surface area contributed by atoms with Crippen molar-refractivity contribution in [1.82, 2.24) is 15.4 Å². The molecule has 13 heteroatoms. The van der Waals surface area contributed by atoms with Crippen molar-refractivity contribution < 1.29 is 18.0 Å². The highest BCUT2D eigenvalue weighted by Gasteiger charge is 2.24. The van der Waals surface area contributed by atoms with Gasteiger partial charge in [-0.3, -0.25) is 9.59 Å². The van der Waals surface area contributed by atoms with Gasteiger partial charge in [0.05, 0.1) is 9.90 Å². The molecule has 3 rings (SSSR count). The molecule has 0 bridgehead atoms. The number of halogens is 4. The molecule has 3 N–H and O–H groups in total. The van der Waals surface area contributed by atoms with Gasteiger partial charge in [-0.05, 0) is 48.6 Å². The van der Waals surface area contributed by atoms with Crippen LogP contribution < -0.4 is 15.4 Å². The van der Waals surface area contributed by atoms with Gasteiger partial charge in [0.2, 0.25) is 15.9 Å². The monoisotopic (exact) mass is 609 g/mol. The molecule has 36 heavy (non-hydrogen) atoms. The summed E-state index contributed by atoms with van der Waals surface area (Å²) in [5.74, 6) is -0.815. The molecule has 0 radical (unpaired) electrons. The summed E-state index contributed by atoms with van der Waals surface area (Å²) in [6.07, 6.45) is 0.981. The molecule has 0 aliphatic heterocycles. The maximum Gasteiger partial charge on any atom is 0.262 e. The largest absolute Gasteiger partial charge is 0.354 e. The Balaban J connectivity index is 1.47. The molecular weight excluding hydrogens is 588 g/mol. The third kappa shape index (κ3) is 8.21. The van der Waals surface area contributed by atoms with Crippen LogP contribution in [0, 0.1) is 0 Å². The van der Waals surface area contributed by atoms with E-state index in [1.165, 1.54) is 29.5 Å². The normalized spacial score (nSPS) is 12.6. The quantitative estimate of drug-likeness (QED) is 0.189. The van der Waals surface area contributed by atoms with Gasteiger partial charge in [-0.25, -0.2) is 13.1 Å². The summed E-state index contributed by atoms with van der Waals surface area (Å²) in [5.41, 5.74) is 0. The molecule has 1 aromatic heterocycles. The number of amides is 2. The first-order chi connectivity index (χ1) is 17.1. The summed E-state index contributed by atoms with van der Waals surface area (Å²) < 4.78 is 28.2. The number of hydrogen-bond donors (Lipinski definition) is 3. The lowest BCUT2D eigenvalue weighted by atomic mass is 10.2. The molecular formula is C23H23Cl4N3O4S2. The van der Waals surface area contributed by atoms with Gasteiger partial charge in [0.15, 0.2) is 0 Å². The average molecular weight is 611 g/mol. The van der Waals surface area contributed by atoms with Crippen molar-refractivity contribution in [3.05, 3.63) is 63.5 Å². The smallest absolute Gasteiger partial charge is 0.262 e. The number of alkyl halides is 2. The predicted molar refractivity (Wildman–Crippen MR) is 147 cm³/mol. The number of benzene rings is 2. The van der Waals surface area contributed by atoms with Crippen molar-refractivity contribution in [1.29, 1.82) is 0 Å². The van der Waals surface area contributed by atoms with Crippen molar-refractivity contribution in [2.75, 3.05) is 13.1 Å². The Morgan fingerprint density at radius 3 is 2.39 bits per heavy atom. The third-order valence-electron chi connectivity index (χ3n) is 5.06. The van der Waals surface area contributed by atoms with Crippen LogP contribution in [0.4, 0.5) is 0 Å². The zero-order valence-electron chi connectivity index (χ0n) is 18.8. The fourth-order valence-electron chi connectivity index (χ4n) is 3.30. The van der Waals surface area contributed by atoms with E-state index in [-0.39, 0.29) is 35.3 Å². The van der Waals surface area contributed by atoms with Crippen LogP contribution in [0.1, 0.15) is 28.9 Å². The summed E-state index contributed by atoms with van der Waals surface area (Å²) >= 11 is 24.9. The van der Waals surface area contributed by atoms with Crippen molar-refractivity contribution in [3.63, 3.8) is 0 Å². The van der Waals surface area contributed by atoms with Gasteiger partial charge < -0.3 is 10.6 Å². The van der Waals surface area contributed by atoms with Crippen LogP contribution in [0.2, 0.25) is 10.0 Å². The molecule has 0 saturated carbocycles. The number of rotatable bonds is 12. The Morgan fingerprint density at radius 1 is 0.972 bits per heavy atom. The molecule has 0 saturated heterocycles. The number of carbonyl (C=O) groups is 2. The van der Waals surface area contributed by atoms with Gasteiger partial charge in [-0.2, -0.15) is 0 Å². The second kappa shape index (κ2) is 13.3. The Bertz CT molecular complexity index is 1300. The number of sulfonamides is 1. The molecule has 0 aliphatic rings. The molecule has 0 fully saturated rings. The van der Waals surface area contributed by atoms with Crippen molar-refractivity contribution >= 4 is 89.7 Å². The van der Waals surface area contributed by atoms with E-state index in [0.29, 0.717) is 22.7 Å². The van der Waals surface area contributed by atoms with E-state index in [4.69, 9.17) is 46.4 Å². The van der Waals surface area contributed by atoms with Crippen LogP contribution in [0.25, 0.3) is 10.1 Å². The van der Waals surface area contributed by atoms with E-state index in [1.54, 1.807) is 6.07 Å². The average Bonchev–Trinajstić information content (AvgIpc) is 3.24. The van der Waals surface area contributed by atoms with E-state index in [1.807, 2.05) is 24.3 Å². The number of carbonyl (C=O) groups excluding carboxylic acids is 2. The van der Waals surface area contributed by atoms with Gasteiger partial charge in [0.25, 0.3) is 5.91 Å². The minimum absolute atomic E-state index is 0.0305. The second-order valence-corrected chi connectivity index (χ2v) is 12.7. The fourth-order valence-corrected chi connectivity index (χ4v) is 6.46. The molecule has 3 aromatic rings. The summed E-state index contributed by atoms with van der Waals surface area (Å²) in [6, 6.07) is 12.6. The zero-order valence-corrected chi connectivity index (χ0v) is 23.4. The molecule has 2 amide bonds. The third-order valence-corrected chi connectivity index (χ3v) is 8.71. The fraction of sp³-hybridized carbons (Fsp3) is 0.304. The lowest BCUT2D eigenvalue weighted by Gasteiger charge is -2.18. The summed E-state index contributed by atoms with van der Waals surface area (Å²) in [6.45, 7) is 0.418. The Labute approximate surface area is 233 Å². The van der Waals surface area contributed by atoms with E-state index >= 15 is 0 Å². The molecule has 194 valence electrons. The maximum atomic E-state index is 12.7. The first-order valence-electron chi connectivity index (χ1n) is 10.9. The van der Waals surface area contributed by atoms with Crippen LogP contribution in [-0.4, -0.2) is 44.2 Å². The molecule has 1 unspecified atom stereocenters. The number of thiophene rings is 1. The molecule has 1 heterocycles. The Morgan fingerprint density at radius 2 is 1.69 bits per heavy atom. The zero-order chi connectivity index (χ0) is 26.3. The van der Waals surface area contributed by atoms with Crippen LogP contribution >= 0.6 is 57.7 Å². The number of unbranched alkanes of at least 4 members (excludes halogenated alkanes) is 1. The molecule has 2 aromatic carbocycles. The molecule has 1 atom stereocenters. The summed E-state index contributed by atoms with van der Waals surface area (Å²) in [4.78, 5) is 25.0. The van der Waals surface area contributed by atoms with Gasteiger partial charge in [-0.15, -0.1) is 34.5 Å². The minimum Gasteiger partial charge on any atom is -0.354 e. The lowest BCUT2D eigenvalue weighted by Crippen LogP contribution is -2.47. The first kappa shape index (κ1) is 29.0. The second-order valence-electron chi connectivity index (χ2n) is 7.77. The van der Waals surface area contributed by atoms with E-state index in [2.05, 4.69) is 15.4 Å². The van der Waals surface area contributed by atoms with Gasteiger partial charge >= 0.3 is 0 Å². The maximum absolute atomic E-state index is 12.7. The summed E-state index contributed by atoms with van der Waals surface area (Å²) in [5, 5.41) is 6.74. The molecule has 0 aliphatic carbocycles. The van der Waals surface area contributed by atoms with Crippen LogP contribution in [-0.2, 0) is 14.8 Å². The van der Waals surface area contributed by atoms with Crippen LogP contribution in [0.3, 0.4) is 0 Å². The SMILES string of the molecule is O=C(NC(CC(Cl)Cl)C(=O)NCCCCNS(=O)(=O)c1ccc(Cl)cc1Cl)c1cc2ccccc2s1. The van der Waals surface area contributed by atoms with Crippen molar-refractivity contribution in [3.8, 4) is 0 Å². The van der Waals surface area contributed by atoms with Gasteiger partial charge in [0, 0.05) is 29.2 Å². The van der Waals surface area contributed by atoms with Gasteiger partial charge in [-0.1, -0.05) is 41.4 Å². The number of fused-ring (bicyclic) bond motifs is 1. The van der Waals surface area contributed by atoms with Crippen molar-refractivity contribution in [2.24, 2.45) is 0 Å². The van der Waals surface area contributed by atoms with Crippen molar-refractivity contribution in [2.45, 2.75) is 35.0 Å². The highest BCUT2D eigenvalue weighted by Crippen LogP contribution is 2.26. The minimum atomic E-state index is -3.79. The topological polar surface area (TPSA) is 104 Å². The van der Waals surface area contributed by atoms with E-state index < -0.39 is 26.8 Å². The van der Waals surface area contributed by atoms with Crippen LogP contribution in [0.15, 0.2) is 53.4 Å². The van der Waals surface area contributed by atoms with E-state index in [9.17, 15) is 18.0 Å². The standard InChI is InChI=1S/C23H23Cl4N3O4S2/c24-15-7-8-20(16(25)12-15)36(33,34)29-10-4-3-9-28-22(31)17(13-21(26)27)30-23(32)19-11-14-5-1-2-6-18(14)35-19/h1-2,5-8,11-12,17,21,29H,3-4,9-10,13H2,(H,28,31)(H,30,32). The van der Waals surface area contributed by atoms with Gasteiger partial charge in [0.1, 0.15) is 15.8 Å². The first-order valence-corrected chi connectivity index (χ1v) is 14.8. The summed E-state index contributed by atoms with van der Waals surface area (Å²) in [7, 11) is -3.79. The van der Waals surface area contributed by atoms with E-state index in [0.717, 1.165) is 10.1 Å². The number of nitrogens with one attached hydrogen (secondary N) is 3.